The van der Waals surface area contributed by atoms with E-state index >= 15 is 0 Å². The molecular weight excluding hydrogens is 250 g/mol. The van der Waals surface area contributed by atoms with Crippen LogP contribution in [0.3, 0.4) is 0 Å². The van der Waals surface area contributed by atoms with E-state index in [2.05, 4.69) is 5.32 Å². The van der Waals surface area contributed by atoms with E-state index in [-0.39, 0.29) is 17.7 Å². The summed E-state index contributed by atoms with van der Waals surface area (Å²) in [6.45, 7) is 1.70. The molecule has 3 N–H and O–H groups in total. The van der Waals surface area contributed by atoms with Crippen molar-refractivity contribution in [2.45, 2.75) is 19.8 Å². The standard InChI is InChI=1S/C13H15NO5/c1-2-8(7-11(15)16)12(17)14-10-6-4-3-5-9(10)13(18)19/h3-6,8H,2,7H2,1H3,(H,14,17)(H,15,16)(H,18,19). The smallest absolute Gasteiger partial charge is 0.337 e. The summed E-state index contributed by atoms with van der Waals surface area (Å²) >= 11 is 0. The van der Waals surface area contributed by atoms with Gasteiger partial charge in [0.1, 0.15) is 0 Å². The first kappa shape index (κ1) is 14.7. The molecule has 0 aliphatic heterocycles. The molecule has 0 saturated heterocycles. The van der Waals surface area contributed by atoms with Gasteiger partial charge in [-0.3, -0.25) is 9.59 Å². The van der Waals surface area contributed by atoms with Crippen LogP contribution in [-0.2, 0) is 9.59 Å². The number of amides is 1. The number of carboxylic acids is 2. The Hall–Kier alpha value is -2.37. The van der Waals surface area contributed by atoms with Crippen molar-refractivity contribution in [2.24, 2.45) is 5.92 Å². The summed E-state index contributed by atoms with van der Waals surface area (Å²) in [6, 6.07) is 5.98. The lowest BCUT2D eigenvalue weighted by Crippen LogP contribution is -2.25. The van der Waals surface area contributed by atoms with E-state index in [1.807, 2.05) is 0 Å². The van der Waals surface area contributed by atoms with Crippen molar-refractivity contribution in [1.29, 1.82) is 0 Å². The number of anilines is 1. The van der Waals surface area contributed by atoms with Crippen LogP contribution in [0.1, 0.15) is 30.1 Å². The molecule has 0 bridgehead atoms. The molecule has 1 amide bonds. The van der Waals surface area contributed by atoms with Gasteiger partial charge in [-0.1, -0.05) is 19.1 Å². The molecule has 0 aromatic heterocycles. The van der Waals surface area contributed by atoms with Crippen molar-refractivity contribution < 1.29 is 24.6 Å². The van der Waals surface area contributed by atoms with Crippen molar-refractivity contribution in [2.75, 3.05) is 5.32 Å². The van der Waals surface area contributed by atoms with Crippen LogP contribution < -0.4 is 5.32 Å². The fraction of sp³-hybridized carbons (Fsp3) is 0.308. The molecule has 6 nitrogen and oxygen atoms in total. The highest BCUT2D eigenvalue weighted by molar-refractivity contribution is 6.01. The first-order valence-corrected chi connectivity index (χ1v) is 5.80. The highest BCUT2D eigenvalue weighted by Crippen LogP contribution is 2.18. The summed E-state index contributed by atoms with van der Waals surface area (Å²) in [4.78, 5) is 33.5. The number of aromatic carboxylic acids is 1. The fourth-order valence-electron chi connectivity index (χ4n) is 1.65. The minimum Gasteiger partial charge on any atom is -0.481 e. The lowest BCUT2D eigenvalue weighted by molar-refractivity contribution is -0.140. The first-order chi connectivity index (χ1) is 8.95. The Bertz CT molecular complexity index is 498. The number of benzene rings is 1. The number of rotatable bonds is 6. The van der Waals surface area contributed by atoms with E-state index in [0.717, 1.165) is 0 Å². The fourth-order valence-corrected chi connectivity index (χ4v) is 1.65. The Balaban J connectivity index is 2.87. The van der Waals surface area contributed by atoms with Gasteiger partial charge in [0.25, 0.3) is 0 Å². The van der Waals surface area contributed by atoms with Gasteiger partial charge in [0.05, 0.1) is 17.7 Å². The Kier molecular flexibility index (Phi) is 5.05. The molecular formula is C13H15NO5. The van der Waals surface area contributed by atoms with E-state index in [9.17, 15) is 14.4 Å². The number of aliphatic carboxylic acids is 1. The lowest BCUT2D eigenvalue weighted by atomic mass is 10.0. The van der Waals surface area contributed by atoms with Crippen LogP contribution in [-0.4, -0.2) is 28.1 Å². The molecule has 6 heteroatoms. The van der Waals surface area contributed by atoms with E-state index in [1.54, 1.807) is 19.1 Å². The minimum atomic E-state index is -1.15. The third-order valence-corrected chi connectivity index (χ3v) is 2.70. The Morgan fingerprint density at radius 1 is 1.21 bits per heavy atom. The van der Waals surface area contributed by atoms with Gasteiger partial charge in [0.15, 0.2) is 0 Å². The molecule has 0 spiro atoms. The van der Waals surface area contributed by atoms with Crippen molar-refractivity contribution in [3.63, 3.8) is 0 Å². The van der Waals surface area contributed by atoms with Crippen molar-refractivity contribution >= 4 is 23.5 Å². The number of para-hydroxylation sites is 1. The first-order valence-electron chi connectivity index (χ1n) is 5.80. The van der Waals surface area contributed by atoms with Gasteiger partial charge in [-0.05, 0) is 18.6 Å². The second-order valence-corrected chi connectivity index (χ2v) is 4.04. The quantitative estimate of drug-likeness (QED) is 0.727. The maximum Gasteiger partial charge on any atom is 0.337 e. The molecule has 1 aromatic rings. The van der Waals surface area contributed by atoms with Crippen LogP contribution >= 0.6 is 0 Å². The zero-order valence-electron chi connectivity index (χ0n) is 10.4. The third-order valence-electron chi connectivity index (χ3n) is 2.70. The van der Waals surface area contributed by atoms with E-state index in [4.69, 9.17) is 10.2 Å². The summed E-state index contributed by atoms with van der Waals surface area (Å²) in [7, 11) is 0. The van der Waals surface area contributed by atoms with E-state index in [0.29, 0.717) is 6.42 Å². The molecule has 1 unspecified atom stereocenters. The van der Waals surface area contributed by atoms with E-state index < -0.39 is 23.8 Å². The van der Waals surface area contributed by atoms with Gasteiger partial charge in [0, 0.05) is 5.92 Å². The molecule has 0 aliphatic rings. The Morgan fingerprint density at radius 2 is 1.84 bits per heavy atom. The Labute approximate surface area is 110 Å². The van der Waals surface area contributed by atoms with Gasteiger partial charge in [-0.25, -0.2) is 4.79 Å². The molecule has 102 valence electrons. The van der Waals surface area contributed by atoms with Gasteiger partial charge >= 0.3 is 11.9 Å². The second kappa shape index (κ2) is 6.53. The summed E-state index contributed by atoms with van der Waals surface area (Å²) in [5.41, 5.74) is 0.143. The molecule has 0 saturated carbocycles. The molecule has 1 aromatic carbocycles. The van der Waals surface area contributed by atoms with Crippen molar-refractivity contribution in [1.82, 2.24) is 0 Å². The molecule has 0 aliphatic carbocycles. The average Bonchev–Trinajstić information content (AvgIpc) is 2.35. The van der Waals surface area contributed by atoms with Gasteiger partial charge in [-0.15, -0.1) is 0 Å². The largest absolute Gasteiger partial charge is 0.481 e. The summed E-state index contributed by atoms with van der Waals surface area (Å²) in [5, 5.41) is 20.1. The maximum atomic E-state index is 11.9. The van der Waals surface area contributed by atoms with Gasteiger partial charge < -0.3 is 15.5 Å². The van der Waals surface area contributed by atoms with Crippen LogP contribution in [0.25, 0.3) is 0 Å². The minimum absolute atomic E-state index is 0.0268. The summed E-state index contributed by atoms with van der Waals surface area (Å²) in [6.07, 6.45) is 0.0882. The molecule has 0 radical (unpaired) electrons. The van der Waals surface area contributed by atoms with Crippen molar-refractivity contribution in [3.05, 3.63) is 29.8 Å². The number of carbonyl (C=O) groups excluding carboxylic acids is 1. The SMILES string of the molecule is CCC(CC(=O)O)C(=O)Nc1ccccc1C(=O)O. The summed E-state index contributed by atoms with van der Waals surface area (Å²) < 4.78 is 0. The number of carbonyl (C=O) groups is 3. The summed E-state index contributed by atoms with van der Waals surface area (Å²) in [5.74, 6) is -3.38. The molecule has 1 rings (SSSR count). The predicted molar refractivity (Wildman–Crippen MR) is 68.1 cm³/mol. The van der Waals surface area contributed by atoms with Crippen LogP contribution in [0.15, 0.2) is 24.3 Å². The number of hydrogen-bond donors (Lipinski definition) is 3. The highest BCUT2D eigenvalue weighted by atomic mass is 16.4. The van der Waals surface area contributed by atoms with Crippen LogP contribution in [0.5, 0.6) is 0 Å². The molecule has 19 heavy (non-hydrogen) atoms. The number of hydrogen-bond acceptors (Lipinski definition) is 3. The highest BCUT2D eigenvalue weighted by Gasteiger charge is 2.21. The second-order valence-electron chi connectivity index (χ2n) is 4.04. The van der Waals surface area contributed by atoms with Crippen LogP contribution in [0.4, 0.5) is 5.69 Å². The predicted octanol–water partition coefficient (Wildman–Crippen LogP) is 1.82. The van der Waals surface area contributed by atoms with Crippen LogP contribution in [0, 0.1) is 5.92 Å². The zero-order chi connectivity index (χ0) is 14.4. The Morgan fingerprint density at radius 3 is 2.37 bits per heavy atom. The monoisotopic (exact) mass is 265 g/mol. The average molecular weight is 265 g/mol. The lowest BCUT2D eigenvalue weighted by Gasteiger charge is -2.14. The van der Waals surface area contributed by atoms with E-state index in [1.165, 1.54) is 12.1 Å². The molecule has 0 fully saturated rings. The zero-order valence-corrected chi connectivity index (χ0v) is 10.4. The van der Waals surface area contributed by atoms with Gasteiger partial charge in [0.2, 0.25) is 5.91 Å². The van der Waals surface area contributed by atoms with Gasteiger partial charge in [-0.2, -0.15) is 0 Å². The topological polar surface area (TPSA) is 104 Å². The number of carboxylic acid groups (broad SMARTS) is 2. The van der Waals surface area contributed by atoms with Crippen LogP contribution in [0.2, 0.25) is 0 Å². The number of nitrogens with one attached hydrogen (secondary N) is 1. The maximum absolute atomic E-state index is 11.9. The van der Waals surface area contributed by atoms with Crippen molar-refractivity contribution in [3.8, 4) is 0 Å². The third kappa shape index (κ3) is 4.09. The molecule has 0 heterocycles. The normalized spacial score (nSPS) is 11.6. The molecule has 1 atom stereocenters.